The van der Waals surface area contributed by atoms with E-state index in [1.54, 1.807) is 0 Å². The van der Waals surface area contributed by atoms with Gasteiger partial charge in [0.05, 0.1) is 6.61 Å². The minimum atomic E-state index is -0.602. The van der Waals surface area contributed by atoms with Gasteiger partial charge in [0, 0.05) is 0 Å². The van der Waals surface area contributed by atoms with Gasteiger partial charge in [-0.1, -0.05) is 0 Å². The summed E-state index contributed by atoms with van der Waals surface area (Å²) in [6, 6.07) is 0. The number of fused-ring (bicyclic) bond motifs is 1. The Morgan fingerprint density at radius 2 is 2.08 bits per heavy atom. The number of carbonyl (C=O) groups excluding carboxylic acids is 1. The molecule has 0 spiro atoms. The Balaban J connectivity index is 2.21. The minimum Gasteiger partial charge on any atom is -0.462 e. The van der Waals surface area contributed by atoms with Crippen LogP contribution in [-0.2, 0) is 19.0 Å². The lowest BCUT2D eigenvalue weighted by atomic mass is 9.86. The summed E-state index contributed by atoms with van der Waals surface area (Å²) in [5.41, 5.74) is -0.602. The fourth-order valence-electron chi connectivity index (χ4n) is 1.65. The highest BCUT2D eigenvalue weighted by molar-refractivity contribution is 5.79. The highest BCUT2D eigenvalue weighted by atomic mass is 16.7. The molecule has 4 nitrogen and oxygen atoms in total. The molecule has 0 unspecified atom stereocenters. The van der Waals surface area contributed by atoms with Crippen molar-refractivity contribution in [2.24, 2.45) is 5.41 Å². The molecule has 4 heteroatoms. The van der Waals surface area contributed by atoms with Crippen molar-refractivity contribution < 1.29 is 19.0 Å². The van der Waals surface area contributed by atoms with Crippen molar-refractivity contribution in [2.75, 3.05) is 13.2 Å². The molecular formula is C9H14O4. The van der Waals surface area contributed by atoms with Crippen molar-refractivity contribution in [3.63, 3.8) is 0 Å². The van der Waals surface area contributed by atoms with Gasteiger partial charge in [-0.05, 0) is 20.8 Å². The standard InChI is InChI=1S/C9H14O4/c1-8(2)12-5-9(3)6(13-8)4-11-7(9)10/h6H,4-5H2,1-3H3/t6-,9-/m0/s1. The molecule has 2 atom stereocenters. The number of hydrogen-bond donors (Lipinski definition) is 0. The normalized spacial score (nSPS) is 42.7. The zero-order chi connectivity index (χ0) is 9.69. The Labute approximate surface area is 77.1 Å². The maximum absolute atomic E-state index is 11.4. The van der Waals surface area contributed by atoms with Crippen molar-refractivity contribution in [3.05, 3.63) is 0 Å². The van der Waals surface area contributed by atoms with Crippen molar-refractivity contribution in [1.29, 1.82) is 0 Å². The van der Waals surface area contributed by atoms with Gasteiger partial charge in [-0.2, -0.15) is 0 Å². The first-order valence-corrected chi connectivity index (χ1v) is 4.43. The molecule has 2 aliphatic rings. The lowest BCUT2D eigenvalue weighted by Gasteiger charge is -2.40. The number of rotatable bonds is 0. The predicted molar refractivity (Wildman–Crippen MR) is 44.0 cm³/mol. The van der Waals surface area contributed by atoms with Crippen LogP contribution in [0.1, 0.15) is 20.8 Å². The topological polar surface area (TPSA) is 44.8 Å². The Morgan fingerprint density at radius 1 is 1.38 bits per heavy atom. The van der Waals surface area contributed by atoms with Crippen LogP contribution in [0.4, 0.5) is 0 Å². The third-order valence-electron chi connectivity index (χ3n) is 2.69. The highest BCUT2D eigenvalue weighted by Gasteiger charge is 2.55. The summed E-state index contributed by atoms with van der Waals surface area (Å²) >= 11 is 0. The number of esters is 1. The van der Waals surface area contributed by atoms with Crippen LogP contribution in [0.2, 0.25) is 0 Å². The average molecular weight is 186 g/mol. The van der Waals surface area contributed by atoms with E-state index in [1.807, 2.05) is 20.8 Å². The maximum atomic E-state index is 11.4. The number of cyclic esters (lactones) is 1. The Kier molecular flexibility index (Phi) is 1.69. The fourth-order valence-corrected chi connectivity index (χ4v) is 1.65. The van der Waals surface area contributed by atoms with Crippen LogP contribution in [-0.4, -0.2) is 31.1 Å². The Morgan fingerprint density at radius 3 is 2.77 bits per heavy atom. The van der Waals surface area contributed by atoms with E-state index in [9.17, 15) is 4.79 Å². The largest absolute Gasteiger partial charge is 0.462 e. The molecule has 2 saturated heterocycles. The molecule has 13 heavy (non-hydrogen) atoms. The van der Waals surface area contributed by atoms with Crippen LogP contribution in [0.5, 0.6) is 0 Å². The second-order valence-corrected chi connectivity index (χ2v) is 4.31. The summed E-state index contributed by atoms with van der Waals surface area (Å²) in [6.45, 7) is 6.23. The number of hydrogen-bond acceptors (Lipinski definition) is 4. The minimum absolute atomic E-state index is 0.163. The summed E-state index contributed by atoms with van der Waals surface area (Å²) < 4.78 is 16.0. The smallest absolute Gasteiger partial charge is 0.317 e. The van der Waals surface area contributed by atoms with Crippen LogP contribution in [0.3, 0.4) is 0 Å². The fraction of sp³-hybridized carbons (Fsp3) is 0.889. The second kappa shape index (κ2) is 2.45. The zero-order valence-electron chi connectivity index (χ0n) is 8.12. The molecule has 0 amide bonds. The van der Waals surface area contributed by atoms with Gasteiger partial charge in [0.25, 0.3) is 0 Å². The summed E-state index contributed by atoms with van der Waals surface area (Å²) in [5.74, 6) is -0.814. The molecule has 0 saturated carbocycles. The Hall–Kier alpha value is -0.610. The van der Waals surface area contributed by atoms with Crippen molar-refractivity contribution in [3.8, 4) is 0 Å². The van der Waals surface area contributed by atoms with E-state index < -0.39 is 11.2 Å². The number of carbonyl (C=O) groups is 1. The third-order valence-corrected chi connectivity index (χ3v) is 2.69. The molecular weight excluding hydrogens is 172 g/mol. The van der Waals surface area contributed by atoms with Gasteiger partial charge in [-0.15, -0.1) is 0 Å². The highest BCUT2D eigenvalue weighted by Crippen LogP contribution is 2.39. The van der Waals surface area contributed by atoms with Crippen molar-refractivity contribution in [2.45, 2.75) is 32.7 Å². The Bertz CT molecular complexity index is 248. The van der Waals surface area contributed by atoms with Crippen LogP contribution in [0, 0.1) is 5.41 Å². The lowest BCUT2D eigenvalue weighted by molar-refractivity contribution is -0.300. The quantitative estimate of drug-likeness (QED) is 0.522. The van der Waals surface area contributed by atoms with Crippen LogP contribution in [0.25, 0.3) is 0 Å². The van der Waals surface area contributed by atoms with Gasteiger partial charge in [0.1, 0.15) is 18.1 Å². The van der Waals surface area contributed by atoms with Gasteiger partial charge in [0.2, 0.25) is 0 Å². The van der Waals surface area contributed by atoms with E-state index >= 15 is 0 Å². The summed E-state index contributed by atoms with van der Waals surface area (Å²) in [6.07, 6.45) is -0.163. The molecule has 2 rings (SSSR count). The van der Waals surface area contributed by atoms with E-state index in [0.717, 1.165) is 0 Å². The molecule has 0 aromatic rings. The predicted octanol–water partition coefficient (Wildman–Crippen LogP) is 0.701. The summed E-state index contributed by atoms with van der Waals surface area (Å²) in [4.78, 5) is 11.4. The average Bonchev–Trinajstić information content (AvgIpc) is 2.30. The molecule has 0 aliphatic carbocycles. The molecule has 0 N–H and O–H groups in total. The van der Waals surface area contributed by atoms with E-state index in [1.165, 1.54) is 0 Å². The molecule has 2 fully saturated rings. The molecule has 0 bridgehead atoms. The molecule has 2 aliphatic heterocycles. The summed E-state index contributed by atoms with van der Waals surface area (Å²) in [5, 5.41) is 0. The molecule has 0 radical (unpaired) electrons. The monoisotopic (exact) mass is 186 g/mol. The molecule has 0 aromatic carbocycles. The second-order valence-electron chi connectivity index (χ2n) is 4.31. The SMILES string of the molecule is CC1(C)OC[C@]2(C)C(=O)OC[C@@H]2O1. The molecule has 74 valence electrons. The first-order chi connectivity index (χ1) is 5.94. The molecule has 2 heterocycles. The van der Waals surface area contributed by atoms with Gasteiger partial charge >= 0.3 is 5.97 Å². The van der Waals surface area contributed by atoms with Crippen molar-refractivity contribution >= 4 is 5.97 Å². The number of ether oxygens (including phenoxy) is 3. The van der Waals surface area contributed by atoms with E-state index in [0.29, 0.717) is 13.2 Å². The van der Waals surface area contributed by atoms with Crippen LogP contribution in [0.15, 0.2) is 0 Å². The van der Waals surface area contributed by atoms with Gasteiger partial charge in [-0.25, -0.2) is 0 Å². The first-order valence-electron chi connectivity index (χ1n) is 4.43. The van der Waals surface area contributed by atoms with Gasteiger partial charge in [-0.3, -0.25) is 4.79 Å². The van der Waals surface area contributed by atoms with E-state index in [2.05, 4.69) is 0 Å². The lowest BCUT2D eigenvalue weighted by Crippen LogP contribution is -2.52. The third kappa shape index (κ3) is 1.25. The van der Waals surface area contributed by atoms with Gasteiger partial charge < -0.3 is 14.2 Å². The van der Waals surface area contributed by atoms with E-state index in [4.69, 9.17) is 14.2 Å². The zero-order valence-corrected chi connectivity index (χ0v) is 8.12. The van der Waals surface area contributed by atoms with Crippen molar-refractivity contribution in [1.82, 2.24) is 0 Å². The maximum Gasteiger partial charge on any atom is 0.317 e. The summed E-state index contributed by atoms with van der Waals surface area (Å²) in [7, 11) is 0. The molecule has 0 aromatic heterocycles. The van der Waals surface area contributed by atoms with Crippen LogP contribution >= 0.6 is 0 Å². The van der Waals surface area contributed by atoms with Crippen LogP contribution < -0.4 is 0 Å². The van der Waals surface area contributed by atoms with E-state index in [-0.39, 0.29) is 12.1 Å². The van der Waals surface area contributed by atoms with Gasteiger partial charge in [0.15, 0.2) is 5.79 Å². The first kappa shape index (κ1) is 8.97.